The van der Waals surface area contributed by atoms with Crippen LogP contribution in [-0.2, 0) is 17.3 Å². The van der Waals surface area contributed by atoms with Crippen LogP contribution in [0.1, 0.15) is 24.0 Å². The lowest BCUT2D eigenvalue weighted by Crippen LogP contribution is -2.49. The molecule has 0 heterocycles. The molecular formula is C13H15F3O2. The lowest BCUT2D eigenvalue weighted by atomic mass is 9.73. The summed E-state index contributed by atoms with van der Waals surface area (Å²) in [5, 5.41) is 10.1. The molecule has 1 saturated carbocycles. The topological polar surface area (TPSA) is 29.5 Å². The molecule has 1 aliphatic rings. The van der Waals surface area contributed by atoms with Gasteiger partial charge in [0.15, 0.2) is 0 Å². The highest BCUT2D eigenvalue weighted by Crippen LogP contribution is 2.37. The number of aliphatic hydroxyl groups is 1. The normalized spacial score (nSPS) is 27.9. The summed E-state index contributed by atoms with van der Waals surface area (Å²) < 4.78 is 42.2. The molecule has 0 amide bonds. The molecule has 18 heavy (non-hydrogen) atoms. The van der Waals surface area contributed by atoms with Crippen LogP contribution in [-0.4, -0.2) is 23.9 Å². The zero-order valence-corrected chi connectivity index (χ0v) is 10.00. The van der Waals surface area contributed by atoms with Gasteiger partial charge in [0.1, 0.15) is 0 Å². The maximum absolute atomic E-state index is 12.4. The number of hydrogen-bond acceptors (Lipinski definition) is 2. The van der Waals surface area contributed by atoms with Crippen molar-refractivity contribution in [2.24, 2.45) is 0 Å². The van der Waals surface area contributed by atoms with Gasteiger partial charge in [0, 0.05) is 26.4 Å². The fourth-order valence-corrected chi connectivity index (χ4v) is 2.29. The number of alkyl halides is 3. The zero-order valence-electron chi connectivity index (χ0n) is 10.00. The number of benzene rings is 1. The third kappa shape index (κ3) is 2.84. The summed E-state index contributed by atoms with van der Waals surface area (Å²) in [6.07, 6.45) is -2.82. The number of rotatable bonds is 3. The largest absolute Gasteiger partial charge is 0.416 e. The van der Waals surface area contributed by atoms with Crippen molar-refractivity contribution < 1.29 is 23.0 Å². The minimum atomic E-state index is -4.31. The summed E-state index contributed by atoms with van der Waals surface area (Å²) in [5.74, 6) is 0. The highest BCUT2D eigenvalue weighted by Gasteiger charge is 2.42. The SMILES string of the molecule is COC1CC(O)(Cc2ccc(C(F)(F)F)cc2)C1. The van der Waals surface area contributed by atoms with Gasteiger partial charge in [-0.1, -0.05) is 12.1 Å². The average Bonchev–Trinajstić information content (AvgIpc) is 2.25. The predicted octanol–water partition coefficient (Wildman–Crippen LogP) is 2.79. The molecular weight excluding hydrogens is 245 g/mol. The van der Waals surface area contributed by atoms with Gasteiger partial charge in [-0.15, -0.1) is 0 Å². The summed E-state index contributed by atoms with van der Waals surface area (Å²) in [6, 6.07) is 4.93. The average molecular weight is 260 g/mol. The quantitative estimate of drug-likeness (QED) is 0.905. The summed E-state index contributed by atoms with van der Waals surface area (Å²) in [7, 11) is 1.59. The van der Waals surface area contributed by atoms with Crippen molar-refractivity contribution >= 4 is 0 Å². The highest BCUT2D eigenvalue weighted by atomic mass is 19.4. The lowest BCUT2D eigenvalue weighted by molar-refractivity contribution is -0.137. The Hall–Kier alpha value is -1.07. The lowest BCUT2D eigenvalue weighted by Gasteiger charge is -2.42. The van der Waals surface area contributed by atoms with E-state index in [0.717, 1.165) is 12.1 Å². The molecule has 0 aromatic heterocycles. The zero-order chi connectivity index (χ0) is 13.4. The Labute approximate surface area is 103 Å². The van der Waals surface area contributed by atoms with Gasteiger partial charge in [-0.25, -0.2) is 0 Å². The first-order valence-corrected chi connectivity index (χ1v) is 5.74. The molecule has 1 aliphatic carbocycles. The Morgan fingerprint density at radius 2 is 1.83 bits per heavy atom. The van der Waals surface area contributed by atoms with E-state index in [2.05, 4.69) is 0 Å². The monoisotopic (exact) mass is 260 g/mol. The Bertz CT molecular complexity index is 405. The molecule has 0 aliphatic heterocycles. The molecule has 0 radical (unpaired) electrons. The highest BCUT2D eigenvalue weighted by molar-refractivity contribution is 5.26. The van der Waals surface area contributed by atoms with Gasteiger partial charge in [-0.3, -0.25) is 0 Å². The van der Waals surface area contributed by atoms with E-state index in [-0.39, 0.29) is 6.10 Å². The minimum absolute atomic E-state index is 0.0597. The molecule has 0 unspecified atom stereocenters. The van der Waals surface area contributed by atoms with Crippen LogP contribution in [0.25, 0.3) is 0 Å². The summed E-state index contributed by atoms with van der Waals surface area (Å²) in [4.78, 5) is 0. The predicted molar refractivity (Wildman–Crippen MR) is 60.1 cm³/mol. The van der Waals surface area contributed by atoms with Crippen LogP contribution in [0.5, 0.6) is 0 Å². The van der Waals surface area contributed by atoms with Gasteiger partial charge in [0.25, 0.3) is 0 Å². The van der Waals surface area contributed by atoms with Gasteiger partial charge in [-0.05, 0) is 17.7 Å². The molecule has 1 aromatic carbocycles. The molecule has 1 aromatic rings. The third-order valence-electron chi connectivity index (χ3n) is 3.36. The van der Waals surface area contributed by atoms with E-state index in [4.69, 9.17) is 4.74 Å². The van der Waals surface area contributed by atoms with E-state index in [1.807, 2.05) is 0 Å². The fourth-order valence-electron chi connectivity index (χ4n) is 2.29. The van der Waals surface area contributed by atoms with Crippen LogP contribution in [0.4, 0.5) is 13.2 Å². The molecule has 0 atom stereocenters. The van der Waals surface area contributed by atoms with Crippen molar-refractivity contribution in [3.63, 3.8) is 0 Å². The van der Waals surface area contributed by atoms with Gasteiger partial charge in [-0.2, -0.15) is 13.2 Å². The van der Waals surface area contributed by atoms with Crippen LogP contribution >= 0.6 is 0 Å². The molecule has 2 rings (SSSR count). The maximum Gasteiger partial charge on any atom is 0.416 e. The first-order chi connectivity index (χ1) is 8.32. The van der Waals surface area contributed by atoms with E-state index >= 15 is 0 Å². The van der Waals surface area contributed by atoms with Crippen LogP contribution in [0.3, 0.4) is 0 Å². The standard InChI is InChI=1S/C13H15F3O2/c1-18-11-7-12(17,8-11)6-9-2-4-10(5-3-9)13(14,15)16/h2-5,11,17H,6-8H2,1H3. The Kier molecular flexibility index (Phi) is 3.38. The van der Waals surface area contributed by atoms with Crippen LogP contribution in [0.15, 0.2) is 24.3 Å². The minimum Gasteiger partial charge on any atom is -0.389 e. The second-order valence-corrected chi connectivity index (χ2v) is 4.86. The molecule has 0 spiro atoms. The molecule has 1 fully saturated rings. The van der Waals surface area contributed by atoms with Gasteiger partial charge in [0.05, 0.1) is 17.3 Å². The Balaban J connectivity index is 1.99. The van der Waals surface area contributed by atoms with E-state index < -0.39 is 17.3 Å². The fraction of sp³-hybridized carbons (Fsp3) is 0.538. The molecule has 0 saturated heterocycles. The Morgan fingerprint density at radius 1 is 1.28 bits per heavy atom. The summed E-state index contributed by atoms with van der Waals surface area (Å²) >= 11 is 0. The molecule has 5 heteroatoms. The van der Waals surface area contributed by atoms with Gasteiger partial charge < -0.3 is 9.84 Å². The van der Waals surface area contributed by atoms with Crippen LogP contribution in [0, 0.1) is 0 Å². The van der Waals surface area contributed by atoms with Crippen molar-refractivity contribution in [1.29, 1.82) is 0 Å². The summed E-state index contributed by atoms with van der Waals surface area (Å²) in [6.45, 7) is 0. The van der Waals surface area contributed by atoms with Crippen LogP contribution < -0.4 is 0 Å². The second kappa shape index (κ2) is 4.55. The first kappa shape index (κ1) is 13.4. The van der Waals surface area contributed by atoms with Crippen molar-refractivity contribution in [2.45, 2.75) is 37.1 Å². The number of hydrogen-bond donors (Lipinski definition) is 1. The van der Waals surface area contributed by atoms with Crippen molar-refractivity contribution in [3.8, 4) is 0 Å². The molecule has 100 valence electrons. The van der Waals surface area contributed by atoms with Crippen molar-refractivity contribution in [1.82, 2.24) is 0 Å². The second-order valence-electron chi connectivity index (χ2n) is 4.86. The summed E-state index contributed by atoms with van der Waals surface area (Å²) in [5.41, 5.74) is -0.790. The molecule has 1 N–H and O–H groups in total. The number of methoxy groups -OCH3 is 1. The number of halogens is 3. The first-order valence-electron chi connectivity index (χ1n) is 5.74. The third-order valence-corrected chi connectivity index (χ3v) is 3.36. The van der Waals surface area contributed by atoms with E-state index in [9.17, 15) is 18.3 Å². The number of ether oxygens (including phenoxy) is 1. The van der Waals surface area contributed by atoms with Crippen molar-refractivity contribution in [2.75, 3.05) is 7.11 Å². The smallest absolute Gasteiger partial charge is 0.389 e. The Morgan fingerprint density at radius 3 is 2.28 bits per heavy atom. The molecule has 2 nitrogen and oxygen atoms in total. The van der Waals surface area contributed by atoms with Crippen LogP contribution in [0.2, 0.25) is 0 Å². The van der Waals surface area contributed by atoms with Gasteiger partial charge >= 0.3 is 6.18 Å². The van der Waals surface area contributed by atoms with E-state index in [0.29, 0.717) is 24.8 Å². The van der Waals surface area contributed by atoms with Crippen molar-refractivity contribution in [3.05, 3.63) is 35.4 Å². The van der Waals surface area contributed by atoms with E-state index in [1.165, 1.54) is 12.1 Å². The maximum atomic E-state index is 12.4. The molecule has 0 bridgehead atoms. The van der Waals surface area contributed by atoms with E-state index in [1.54, 1.807) is 7.11 Å². The van der Waals surface area contributed by atoms with Gasteiger partial charge in [0.2, 0.25) is 0 Å².